The van der Waals surface area contributed by atoms with Crippen LogP contribution in [0.1, 0.15) is 18.5 Å². The molecule has 5 rings (SSSR count). The van der Waals surface area contributed by atoms with Crippen molar-refractivity contribution in [1.29, 1.82) is 0 Å². The second-order valence-electron chi connectivity index (χ2n) is 9.57. The number of hydrogen-bond acceptors (Lipinski definition) is 8. The fourth-order valence-electron chi connectivity index (χ4n) is 4.40. The Kier molecular flexibility index (Phi) is 9.37. The molecule has 0 atom stereocenters. The number of benzene rings is 2. The van der Waals surface area contributed by atoms with Crippen LogP contribution in [0.25, 0.3) is 16.5 Å². The van der Waals surface area contributed by atoms with Gasteiger partial charge in [0.25, 0.3) is 0 Å². The molecular weight excluding hydrogens is 559 g/mol. The summed E-state index contributed by atoms with van der Waals surface area (Å²) in [4.78, 5) is 34.7. The minimum atomic E-state index is -0.635. The van der Waals surface area contributed by atoms with Gasteiger partial charge in [0, 0.05) is 57.7 Å². The third-order valence-electron chi connectivity index (χ3n) is 6.51. The second kappa shape index (κ2) is 13.5. The molecule has 12 heteroatoms. The molecular formula is C30H31FN6O4S. The van der Waals surface area contributed by atoms with E-state index in [9.17, 15) is 9.59 Å². The van der Waals surface area contributed by atoms with Crippen LogP contribution in [0.4, 0.5) is 15.8 Å². The normalized spacial score (nSPS) is 12.4. The van der Waals surface area contributed by atoms with Crippen LogP contribution in [0, 0.1) is 5.82 Å². The van der Waals surface area contributed by atoms with Gasteiger partial charge in [0.2, 0.25) is 11.8 Å². The molecule has 0 saturated heterocycles. The van der Waals surface area contributed by atoms with Crippen molar-refractivity contribution < 1.29 is 23.5 Å². The van der Waals surface area contributed by atoms with E-state index in [4.69, 9.17) is 9.47 Å². The largest absolute Gasteiger partial charge is 0.457 e. The monoisotopic (exact) mass is 590 g/mol. The lowest BCUT2D eigenvalue weighted by Gasteiger charge is -2.13. The van der Waals surface area contributed by atoms with Crippen LogP contribution in [0.15, 0.2) is 65.8 Å². The van der Waals surface area contributed by atoms with Crippen LogP contribution < -0.4 is 30.6 Å². The molecule has 0 saturated carbocycles. The van der Waals surface area contributed by atoms with E-state index in [0.717, 1.165) is 32.8 Å². The van der Waals surface area contributed by atoms with Crippen molar-refractivity contribution >= 4 is 40.3 Å². The van der Waals surface area contributed by atoms with Crippen LogP contribution in [-0.4, -0.2) is 48.2 Å². The lowest BCUT2D eigenvalue weighted by Crippen LogP contribution is -2.28. The summed E-state index contributed by atoms with van der Waals surface area (Å²) in [5.74, 6) is -0.182. The summed E-state index contributed by atoms with van der Waals surface area (Å²) >= 11 is 1.50. The molecule has 1 aliphatic rings. The van der Waals surface area contributed by atoms with E-state index in [1.807, 2.05) is 29.9 Å². The van der Waals surface area contributed by atoms with Gasteiger partial charge in [-0.05, 0) is 30.3 Å². The summed E-state index contributed by atoms with van der Waals surface area (Å²) in [6.45, 7) is 2.57. The number of nitrogens with one attached hydrogen (secondary N) is 3. The van der Waals surface area contributed by atoms with Crippen LogP contribution >= 0.6 is 11.3 Å². The van der Waals surface area contributed by atoms with Gasteiger partial charge in [-0.15, -0.1) is 11.3 Å². The molecule has 218 valence electrons. The molecule has 0 spiro atoms. The average molecular weight is 591 g/mol. The number of imidazole rings is 1. The summed E-state index contributed by atoms with van der Waals surface area (Å²) < 4.78 is 29.0. The Labute approximate surface area is 245 Å². The first-order valence-electron chi connectivity index (χ1n) is 13.4. The second-order valence-corrected chi connectivity index (χ2v) is 10.6. The first kappa shape index (κ1) is 29.1. The Morgan fingerprint density at radius 2 is 1.86 bits per heavy atom. The zero-order valence-electron chi connectivity index (χ0n) is 23.3. The van der Waals surface area contributed by atoms with E-state index in [-0.39, 0.29) is 11.4 Å². The molecule has 42 heavy (non-hydrogen) atoms. The highest BCUT2D eigenvalue weighted by atomic mass is 32.1. The maximum absolute atomic E-state index is 15.0. The summed E-state index contributed by atoms with van der Waals surface area (Å²) in [5.41, 5.74) is 1.85. The topological polar surface area (TPSA) is 119 Å². The fourth-order valence-corrected chi connectivity index (χ4v) is 5.56. The Hall–Kier alpha value is -4.39. The molecule has 10 nitrogen and oxygen atoms in total. The molecule has 1 aliphatic heterocycles. The van der Waals surface area contributed by atoms with Gasteiger partial charge in [-0.3, -0.25) is 14.6 Å². The quantitative estimate of drug-likeness (QED) is 0.172. The van der Waals surface area contributed by atoms with Crippen molar-refractivity contribution in [2.24, 2.45) is 12.0 Å². The number of thiophene rings is 1. The standard InChI is InChI=1S/C30H31FN6O4S/c1-37-21(17-32-12-13-40-2)18-34-30(37)26-15-23-29(42-26)25(10-11-33-23)41-24-9-8-20(14-22(24)31)36-28(39)16-27(38)35-19-6-4-3-5-7-19/h3-9,14-15,18,32H,10-13,16-17H2,1-2H3,(H,35,38)(H,36,39). The maximum Gasteiger partial charge on any atom is 0.233 e. The van der Waals surface area contributed by atoms with Crippen LogP contribution in [-0.2, 0) is 27.9 Å². The molecule has 0 bridgehead atoms. The van der Waals surface area contributed by atoms with Crippen molar-refractivity contribution in [3.8, 4) is 16.5 Å². The summed E-state index contributed by atoms with van der Waals surface area (Å²) in [7, 11) is 3.64. The van der Waals surface area contributed by atoms with Gasteiger partial charge < -0.3 is 30.0 Å². The van der Waals surface area contributed by atoms with Crippen molar-refractivity contribution in [2.45, 2.75) is 19.4 Å². The number of methoxy groups -OCH3 is 1. The number of ether oxygens (including phenoxy) is 2. The number of aromatic nitrogens is 2. The first-order valence-corrected chi connectivity index (χ1v) is 14.2. The molecule has 0 radical (unpaired) electrons. The maximum atomic E-state index is 15.0. The molecule has 0 aliphatic carbocycles. The average Bonchev–Trinajstić information content (AvgIpc) is 3.56. The van der Waals surface area contributed by atoms with Gasteiger partial charge in [-0.1, -0.05) is 18.2 Å². The van der Waals surface area contributed by atoms with Crippen molar-refractivity contribution in [1.82, 2.24) is 14.9 Å². The van der Waals surface area contributed by atoms with E-state index in [1.54, 1.807) is 31.4 Å². The number of nitrogens with zero attached hydrogens (tertiary/aromatic N) is 3. The van der Waals surface area contributed by atoms with Crippen molar-refractivity contribution in [3.63, 3.8) is 0 Å². The molecule has 2 aromatic heterocycles. The van der Waals surface area contributed by atoms with E-state index in [1.165, 1.54) is 29.5 Å². The number of rotatable bonds is 12. The zero-order valence-corrected chi connectivity index (χ0v) is 24.1. The predicted octanol–water partition coefficient (Wildman–Crippen LogP) is 3.20. The van der Waals surface area contributed by atoms with Gasteiger partial charge in [0.1, 0.15) is 18.0 Å². The summed E-state index contributed by atoms with van der Waals surface area (Å²) in [6.07, 6.45) is 1.97. The minimum Gasteiger partial charge on any atom is -0.457 e. The van der Waals surface area contributed by atoms with Crippen LogP contribution in [0.3, 0.4) is 0 Å². The molecule has 0 unspecified atom stereocenters. The molecule has 3 N–H and O–H groups in total. The Bertz CT molecular complexity index is 1700. The Morgan fingerprint density at radius 1 is 1.07 bits per heavy atom. The molecule has 3 heterocycles. The number of fused-ring (bicyclic) bond motifs is 1. The van der Waals surface area contributed by atoms with Gasteiger partial charge in [0.15, 0.2) is 11.6 Å². The van der Waals surface area contributed by atoms with Crippen LogP contribution in [0.2, 0.25) is 0 Å². The number of para-hydroxylation sites is 1. The highest BCUT2D eigenvalue weighted by Crippen LogP contribution is 2.26. The summed E-state index contributed by atoms with van der Waals surface area (Å²) in [5, 5.41) is 9.32. The van der Waals surface area contributed by atoms with Gasteiger partial charge in [-0.2, -0.15) is 0 Å². The fraction of sp³-hybridized carbons (Fsp3) is 0.267. The number of hydrogen-bond donors (Lipinski definition) is 3. The predicted molar refractivity (Wildman–Crippen MR) is 159 cm³/mol. The molecule has 4 aromatic rings. The third kappa shape index (κ3) is 7.08. The molecule has 2 amide bonds. The highest BCUT2D eigenvalue weighted by Gasteiger charge is 2.18. The first-order chi connectivity index (χ1) is 20.4. The van der Waals surface area contributed by atoms with Crippen molar-refractivity contribution in [3.05, 3.63) is 82.2 Å². The Morgan fingerprint density at radius 3 is 2.62 bits per heavy atom. The third-order valence-corrected chi connectivity index (χ3v) is 7.67. The van der Waals surface area contributed by atoms with Gasteiger partial charge >= 0.3 is 0 Å². The smallest absolute Gasteiger partial charge is 0.233 e. The minimum absolute atomic E-state index is 0.0361. The number of amides is 2. The zero-order chi connectivity index (χ0) is 29.5. The highest BCUT2D eigenvalue weighted by molar-refractivity contribution is 7.13. The van der Waals surface area contributed by atoms with Gasteiger partial charge in [0.05, 0.1) is 33.3 Å². The Balaban J connectivity index is 1.26. The van der Waals surface area contributed by atoms with E-state index in [0.29, 0.717) is 37.6 Å². The van der Waals surface area contributed by atoms with Crippen LogP contribution in [0.5, 0.6) is 5.75 Å². The SMILES string of the molecule is COCCNCc1cnc(-c2cc3c(s2)=C(Oc2ccc(NC(=O)CC(=O)Nc4ccccc4)cc2F)CCN=3)n1C. The van der Waals surface area contributed by atoms with E-state index >= 15 is 4.39 Å². The molecule has 0 fully saturated rings. The number of halogens is 1. The molecule has 2 aromatic carbocycles. The lowest BCUT2D eigenvalue weighted by atomic mass is 10.2. The van der Waals surface area contributed by atoms with Crippen molar-refractivity contribution in [2.75, 3.05) is 37.4 Å². The summed E-state index contributed by atoms with van der Waals surface area (Å²) in [6, 6.07) is 15.0. The number of carbonyl (C=O) groups excluding carboxylic acids is 2. The number of carbonyl (C=O) groups is 2. The lowest BCUT2D eigenvalue weighted by molar-refractivity contribution is -0.123. The number of anilines is 2. The van der Waals surface area contributed by atoms with E-state index in [2.05, 4.69) is 25.9 Å². The van der Waals surface area contributed by atoms with Gasteiger partial charge in [-0.25, -0.2) is 9.37 Å². The van der Waals surface area contributed by atoms with E-state index < -0.39 is 24.1 Å².